The van der Waals surface area contributed by atoms with Crippen LogP contribution in [0, 0.1) is 0 Å². The van der Waals surface area contributed by atoms with Gasteiger partial charge in [0.1, 0.15) is 23.3 Å². The number of hydrogen-bond donors (Lipinski definition) is 4. The highest BCUT2D eigenvalue weighted by Crippen LogP contribution is 2.19. The molecule has 2 atom stereocenters. The summed E-state index contributed by atoms with van der Waals surface area (Å²) in [4.78, 5) is 53.4. The highest BCUT2D eigenvalue weighted by molar-refractivity contribution is 5.90. The number of hydrogen-bond acceptors (Lipinski definition) is 7. The number of fused-ring (bicyclic) bond motifs is 1. The van der Waals surface area contributed by atoms with Gasteiger partial charge in [-0.1, -0.05) is 18.2 Å². The first kappa shape index (κ1) is 31.5. The van der Waals surface area contributed by atoms with E-state index in [0.29, 0.717) is 19.4 Å². The van der Waals surface area contributed by atoms with Crippen molar-refractivity contribution in [1.29, 1.82) is 0 Å². The molecule has 1 aromatic carbocycles. The molecule has 1 aromatic heterocycles. The van der Waals surface area contributed by atoms with Gasteiger partial charge >= 0.3 is 18.2 Å². The number of methoxy groups -OCH3 is 1. The molecule has 0 saturated heterocycles. The summed E-state index contributed by atoms with van der Waals surface area (Å²) in [6.45, 7) is 10.8. The number of nitrogens with one attached hydrogen (secondary N) is 4. The summed E-state index contributed by atoms with van der Waals surface area (Å²) in [6.07, 6.45) is 2.00. The first-order valence-electron chi connectivity index (χ1n) is 13.1. The molecular weight excluding hydrogens is 504 g/mol. The van der Waals surface area contributed by atoms with Crippen LogP contribution < -0.4 is 16.0 Å². The van der Waals surface area contributed by atoms with Crippen LogP contribution in [0.2, 0.25) is 0 Å². The van der Waals surface area contributed by atoms with Crippen molar-refractivity contribution in [2.45, 2.75) is 90.5 Å². The van der Waals surface area contributed by atoms with Crippen molar-refractivity contribution in [2.24, 2.45) is 0 Å². The number of benzene rings is 1. The van der Waals surface area contributed by atoms with Crippen molar-refractivity contribution in [1.82, 2.24) is 20.9 Å². The van der Waals surface area contributed by atoms with Crippen LogP contribution in [0.25, 0.3) is 10.9 Å². The molecular formula is C28H42N4O7. The second-order valence-electron chi connectivity index (χ2n) is 11.3. The molecule has 0 saturated carbocycles. The molecule has 11 heteroatoms. The fraction of sp³-hybridized carbons (Fsp3) is 0.571. The summed E-state index contributed by atoms with van der Waals surface area (Å²) in [6, 6.07) is 5.69. The van der Waals surface area contributed by atoms with Crippen molar-refractivity contribution in [3.8, 4) is 0 Å². The zero-order valence-electron chi connectivity index (χ0n) is 23.9. The van der Waals surface area contributed by atoms with Crippen LogP contribution in [0.15, 0.2) is 30.5 Å². The molecule has 216 valence electrons. The molecule has 0 radical (unpaired) electrons. The number of unbranched alkanes of at least 4 members (excludes halogenated alkanes) is 1. The predicted molar refractivity (Wildman–Crippen MR) is 147 cm³/mol. The normalized spacial score (nSPS) is 13.2. The average molecular weight is 547 g/mol. The van der Waals surface area contributed by atoms with Crippen LogP contribution in [0.4, 0.5) is 9.59 Å². The zero-order chi connectivity index (χ0) is 29.2. The lowest BCUT2D eigenvalue weighted by Gasteiger charge is -2.25. The molecule has 0 bridgehead atoms. The van der Waals surface area contributed by atoms with Gasteiger partial charge in [0.25, 0.3) is 0 Å². The number of amides is 3. The number of para-hydroxylation sites is 1. The lowest BCUT2D eigenvalue weighted by Crippen LogP contribution is -2.53. The molecule has 0 aliphatic carbocycles. The van der Waals surface area contributed by atoms with Gasteiger partial charge in [-0.25, -0.2) is 14.4 Å². The lowest BCUT2D eigenvalue weighted by molar-refractivity contribution is -0.145. The van der Waals surface area contributed by atoms with Gasteiger partial charge in [0, 0.05) is 30.1 Å². The van der Waals surface area contributed by atoms with E-state index in [1.165, 1.54) is 7.11 Å². The fourth-order valence-electron chi connectivity index (χ4n) is 3.82. The number of esters is 1. The molecule has 2 aromatic rings. The smallest absolute Gasteiger partial charge is 0.408 e. The molecule has 39 heavy (non-hydrogen) atoms. The number of carbonyl (C=O) groups excluding carboxylic acids is 4. The van der Waals surface area contributed by atoms with E-state index in [1.54, 1.807) is 47.7 Å². The molecule has 0 aliphatic heterocycles. The van der Waals surface area contributed by atoms with Crippen LogP contribution in [0.1, 0.15) is 66.4 Å². The summed E-state index contributed by atoms with van der Waals surface area (Å²) >= 11 is 0. The van der Waals surface area contributed by atoms with E-state index in [9.17, 15) is 19.2 Å². The monoisotopic (exact) mass is 546 g/mol. The van der Waals surface area contributed by atoms with Gasteiger partial charge in [-0.15, -0.1) is 0 Å². The largest absolute Gasteiger partial charge is 0.467 e. The third-order valence-electron chi connectivity index (χ3n) is 5.50. The minimum absolute atomic E-state index is 0.196. The Morgan fingerprint density at radius 1 is 0.872 bits per heavy atom. The van der Waals surface area contributed by atoms with Gasteiger partial charge in [-0.3, -0.25) is 4.79 Å². The van der Waals surface area contributed by atoms with Crippen LogP contribution in [0.3, 0.4) is 0 Å². The summed E-state index contributed by atoms with van der Waals surface area (Å²) in [5.74, 6) is -1.15. The Bertz CT molecular complexity index is 1130. The Labute approximate surface area is 229 Å². The van der Waals surface area contributed by atoms with E-state index >= 15 is 0 Å². The van der Waals surface area contributed by atoms with Crippen LogP contribution in [0.5, 0.6) is 0 Å². The average Bonchev–Trinajstić information content (AvgIpc) is 3.22. The van der Waals surface area contributed by atoms with Gasteiger partial charge in [-0.05, 0) is 72.4 Å². The van der Waals surface area contributed by atoms with Crippen LogP contribution in [-0.2, 0) is 30.2 Å². The number of alkyl carbamates (subject to hydrolysis) is 2. The van der Waals surface area contributed by atoms with Gasteiger partial charge in [0.05, 0.1) is 7.11 Å². The Kier molecular flexibility index (Phi) is 11.2. The summed E-state index contributed by atoms with van der Waals surface area (Å²) in [5.41, 5.74) is 0.387. The SMILES string of the molecule is COC(=O)[C@H](Cc1c[nH]c2ccccc12)NC(=O)[C@H](CCCCNC(=O)OC(C)(C)C)NC(=O)OC(C)(C)C. The number of ether oxygens (including phenoxy) is 3. The second kappa shape index (κ2) is 13.9. The number of carbonyl (C=O) groups is 4. The number of rotatable bonds is 11. The van der Waals surface area contributed by atoms with Crippen molar-refractivity contribution in [2.75, 3.05) is 13.7 Å². The van der Waals surface area contributed by atoms with E-state index in [-0.39, 0.29) is 12.8 Å². The van der Waals surface area contributed by atoms with E-state index in [2.05, 4.69) is 20.9 Å². The summed E-state index contributed by atoms with van der Waals surface area (Å²) < 4.78 is 15.5. The summed E-state index contributed by atoms with van der Waals surface area (Å²) in [7, 11) is 1.25. The topological polar surface area (TPSA) is 148 Å². The number of aromatic nitrogens is 1. The Balaban J connectivity index is 2.07. The molecule has 4 N–H and O–H groups in total. The van der Waals surface area contributed by atoms with Crippen LogP contribution >= 0.6 is 0 Å². The standard InChI is InChI=1S/C28H42N4O7/c1-27(2,3)38-25(35)29-15-11-10-14-21(32-26(36)39-28(4,5)6)23(33)31-22(24(34)37-7)16-18-17-30-20-13-9-8-12-19(18)20/h8-9,12-13,17,21-22,30H,10-11,14-16H2,1-7H3,(H,29,35)(H,31,33)(H,32,36)/t21-,22-/m0/s1. The Morgan fingerprint density at radius 2 is 1.51 bits per heavy atom. The van der Waals surface area contributed by atoms with Crippen molar-refractivity contribution < 1.29 is 33.4 Å². The number of aromatic amines is 1. The van der Waals surface area contributed by atoms with Crippen LogP contribution in [-0.4, -0.2) is 66.0 Å². The fourth-order valence-corrected chi connectivity index (χ4v) is 3.82. The first-order valence-corrected chi connectivity index (χ1v) is 13.1. The molecule has 2 rings (SSSR count). The maximum atomic E-state index is 13.3. The highest BCUT2D eigenvalue weighted by Gasteiger charge is 2.29. The molecule has 1 heterocycles. The third kappa shape index (κ3) is 11.3. The van der Waals surface area contributed by atoms with E-state index in [4.69, 9.17) is 14.2 Å². The van der Waals surface area contributed by atoms with E-state index < -0.39 is 47.3 Å². The minimum Gasteiger partial charge on any atom is -0.467 e. The quantitative estimate of drug-likeness (QED) is 0.189. The Hall–Kier alpha value is -3.76. The minimum atomic E-state index is -0.975. The molecule has 3 amide bonds. The Morgan fingerprint density at radius 3 is 2.15 bits per heavy atom. The van der Waals surface area contributed by atoms with E-state index in [0.717, 1.165) is 16.5 Å². The molecule has 0 unspecified atom stereocenters. The predicted octanol–water partition coefficient (Wildman–Crippen LogP) is 3.96. The third-order valence-corrected chi connectivity index (χ3v) is 5.50. The van der Waals surface area contributed by atoms with Gasteiger partial charge in [0.15, 0.2) is 0 Å². The van der Waals surface area contributed by atoms with Crippen molar-refractivity contribution in [3.05, 3.63) is 36.0 Å². The second-order valence-corrected chi connectivity index (χ2v) is 11.3. The highest BCUT2D eigenvalue weighted by atomic mass is 16.6. The van der Waals surface area contributed by atoms with Crippen molar-refractivity contribution in [3.63, 3.8) is 0 Å². The van der Waals surface area contributed by atoms with Crippen molar-refractivity contribution >= 4 is 35.0 Å². The maximum Gasteiger partial charge on any atom is 0.408 e. The maximum absolute atomic E-state index is 13.3. The van der Waals surface area contributed by atoms with Gasteiger partial charge in [0.2, 0.25) is 5.91 Å². The molecule has 0 spiro atoms. The van der Waals surface area contributed by atoms with E-state index in [1.807, 2.05) is 24.3 Å². The summed E-state index contributed by atoms with van der Waals surface area (Å²) in [5, 5.41) is 8.95. The molecule has 0 fully saturated rings. The zero-order valence-corrected chi connectivity index (χ0v) is 23.9. The molecule has 0 aliphatic rings. The lowest BCUT2D eigenvalue weighted by atomic mass is 10.0. The van der Waals surface area contributed by atoms with Gasteiger partial charge in [-0.2, -0.15) is 0 Å². The number of H-pyrrole nitrogens is 1. The van der Waals surface area contributed by atoms with Gasteiger partial charge < -0.3 is 35.1 Å². The molecule has 11 nitrogen and oxygen atoms in total. The first-order chi connectivity index (χ1) is 18.2.